The maximum atomic E-state index is 12.9. The molecule has 1 fully saturated rings. The van der Waals surface area contributed by atoms with E-state index >= 15 is 0 Å². The first-order valence-corrected chi connectivity index (χ1v) is 10.8. The maximum Gasteiger partial charge on any atom is 0.254 e. The number of pyridine rings is 1. The molecule has 0 bridgehead atoms. The summed E-state index contributed by atoms with van der Waals surface area (Å²) < 4.78 is 5.62. The highest BCUT2D eigenvalue weighted by Crippen LogP contribution is 2.35. The fraction of sp³-hybridized carbons (Fsp3) is 0.524. The normalized spacial score (nSPS) is 16.0. The second-order valence-electron chi connectivity index (χ2n) is 6.84. The Morgan fingerprint density at radius 2 is 2.07 bits per heavy atom. The number of likely N-dealkylation sites (N-methyl/N-ethyl adjacent to an activating group) is 1. The zero-order valence-electron chi connectivity index (χ0n) is 16.2. The predicted octanol–water partition coefficient (Wildman–Crippen LogP) is 4.52. The number of hydrogen-bond acceptors (Lipinski definition) is 5. The molecule has 0 saturated heterocycles. The molecule has 5 nitrogen and oxygen atoms in total. The minimum atomic E-state index is -0.0627. The van der Waals surface area contributed by atoms with Gasteiger partial charge in [-0.3, -0.25) is 9.69 Å². The molecule has 1 aliphatic carbocycles. The molecule has 146 valence electrons. The van der Waals surface area contributed by atoms with Gasteiger partial charge in [-0.05, 0) is 50.2 Å². The minimum Gasteiger partial charge on any atom is -0.468 e. The van der Waals surface area contributed by atoms with E-state index in [4.69, 9.17) is 4.42 Å². The highest BCUT2D eigenvalue weighted by atomic mass is 32.2. The fourth-order valence-electron chi connectivity index (χ4n) is 3.66. The second-order valence-corrected chi connectivity index (χ2v) is 8.13. The quantitative estimate of drug-likeness (QED) is 0.685. The van der Waals surface area contributed by atoms with Gasteiger partial charge < -0.3 is 9.73 Å². The topological polar surface area (TPSA) is 58.4 Å². The van der Waals surface area contributed by atoms with Crippen LogP contribution >= 0.6 is 11.8 Å². The first-order chi connectivity index (χ1) is 13.2. The molecule has 3 rings (SSSR count). The van der Waals surface area contributed by atoms with Gasteiger partial charge in [-0.15, -0.1) is 11.8 Å². The van der Waals surface area contributed by atoms with E-state index in [1.54, 1.807) is 24.2 Å². The standard InChI is InChI=1S/C21H29N3O2S/c1-3-24(4-2)18(19-12-8-14-26-19)15-23-20(25)17-11-7-13-22-21(17)27-16-9-5-6-10-16/h7-8,11-14,16,18H,3-6,9-10,15H2,1-2H3,(H,23,25). The lowest BCUT2D eigenvalue weighted by atomic mass is 10.1. The molecule has 0 aliphatic heterocycles. The van der Waals surface area contributed by atoms with Gasteiger partial charge in [0.25, 0.3) is 5.91 Å². The van der Waals surface area contributed by atoms with Crippen molar-refractivity contribution in [1.82, 2.24) is 15.2 Å². The molecular weight excluding hydrogens is 358 g/mol. The minimum absolute atomic E-state index is 0.0292. The first-order valence-electron chi connectivity index (χ1n) is 9.90. The third kappa shape index (κ3) is 5.14. The molecule has 0 radical (unpaired) electrons. The van der Waals surface area contributed by atoms with Crippen LogP contribution in [0.15, 0.2) is 46.2 Å². The summed E-state index contributed by atoms with van der Waals surface area (Å²) in [5, 5.41) is 4.54. The van der Waals surface area contributed by atoms with E-state index in [0.29, 0.717) is 17.4 Å². The number of thioether (sulfide) groups is 1. The summed E-state index contributed by atoms with van der Waals surface area (Å²) in [6, 6.07) is 7.61. The van der Waals surface area contributed by atoms with Crippen molar-refractivity contribution in [3.63, 3.8) is 0 Å². The predicted molar refractivity (Wildman–Crippen MR) is 109 cm³/mol. The molecule has 2 aromatic heterocycles. The summed E-state index contributed by atoms with van der Waals surface area (Å²) in [6.07, 6.45) is 8.44. The van der Waals surface area contributed by atoms with Crippen LogP contribution in [-0.4, -0.2) is 40.7 Å². The number of carbonyl (C=O) groups excluding carboxylic acids is 1. The molecule has 27 heavy (non-hydrogen) atoms. The Hall–Kier alpha value is -1.79. The van der Waals surface area contributed by atoms with E-state index in [9.17, 15) is 4.79 Å². The third-order valence-electron chi connectivity index (χ3n) is 5.18. The van der Waals surface area contributed by atoms with Crippen molar-refractivity contribution < 1.29 is 9.21 Å². The van der Waals surface area contributed by atoms with Crippen LogP contribution in [0.25, 0.3) is 0 Å². The van der Waals surface area contributed by atoms with Gasteiger partial charge in [0, 0.05) is 18.0 Å². The van der Waals surface area contributed by atoms with Crippen molar-refractivity contribution in [3.05, 3.63) is 48.0 Å². The first kappa shape index (κ1) is 20.0. The zero-order chi connectivity index (χ0) is 19.1. The van der Waals surface area contributed by atoms with Gasteiger partial charge in [0.1, 0.15) is 10.8 Å². The van der Waals surface area contributed by atoms with Gasteiger partial charge in [0.15, 0.2) is 0 Å². The maximum absolute atomic E-state index is 12.9. The van der Waals surface area contributed by atoms with E-state index in [1.807, 2.05) is 24.3 Å². The molecule has 6 heteroatoms. The van der Waals surface area contributed by atoms with Gasteiger partial charge in [-0.1, -0.05) is 26.7 Å². The molecule has 1 aliphatic rings. The largest absolute Gasteiger partial charge is 0.468 e. The molecule has 1 unspecified atom stereocenters. The Kier molecular flexibility index (Phi) is 7.35. The Bertz CT molecular complexity index is 710. The lowest BCUT2D eigenvalue weighted by molar-refractivity contribution is 0.0926. The van der Waals surface area contributed by atoms with Gasteiger partial charge in [0.05, 0.1) is 17.9 Å². The van der Waals surface area contributed by atoms with Crippen molar-refractivity contribution in [2.24, 2.45) is 0 Å². The Labute approximate surface area is 165 Å². The molecule has 1 saturated carbocycles. The van der Waals surface area contributed by atoms with Gasteiger partial charge >= 0.3 is 0 Å². The number of nitrogens with zero attached hydrogens (tertiary/aromatic N) is 2. The number of rotatable bonds is 9. The molecule has 0 aromatic carbocycles. The van der Waals surface area contributed by atoms with Crippen LogP contribution in [0.3, 0.4) is 0 Å². The van der Waals surface area contributed by atoms with E-state index < -0.39 is 0 Å². The summed E-state index contributed by atoms with van der Waals surface area (Å²) in [6.45, 7) is 6.55. The Morgan fingerprint density at radius 1 is 1.30 bits per heavy atom. The second kappa shape index (κ2) is 9.95. The smallest absolute Gasteiger partial charge is 0.254 e. The zero-order valence-corrected chi connectivity index (χ0v) is 17.0. The summed E-state index contributed by atoms with van der Waals surface area (Å²) in [5.41, 5.74) is 0.673. The van der Waals surface area contributed by atoms with Crippen molar-refractivity contribution >= 4 is 17.7 Å². The van der Waals surface area contributed by atoms with Crippen molar-refractivity contribution in [2.45, 2.75) is 55.8 Å². The van der Waals surface area contributed by atoms with E-state index in [0.717, 1.165) is 23.9 Å². The average Bonchev–Trinajstić information content (AvgIpc) is 3.39. The summed E-state index contributed by atoms with van der Waals surface area (Å²) in [4.78, 5) is 19.7. The molecule has 0 spiro atoms. The number of aromatic nitrogens is 1. The third-order valence-corrected chi connectivity index (χ3v) is 6.53. The monoisotopic (exact) mass is 387 g/mol. The number of furan rings is 1. The van der Waals surface area contributed by atoms with Crippen molar-refractivity contribution in [3.8, 4) is 0 Å². The fourth-order valence-corrected chi connectivity index (χ4v) is 4.96. The van der Waals surface area contributed by atoms with E-state index in [2.05, 4.69) is 29.0 Å². The molecular formula is C21H29N3O2S. The number of nitrogens with one attached hydrogen (secondary N) is 1. The Balaban J connectivity index is 1.69. The van der Waals surface area contributed by atoms with Crippen LogP contribution in [0.1, 0.15) is 61.7 Å². The van der Waals surface area contributed by atoms with E-state index in [1.165, 1.54) is 25.7 Å². The number of amides is 1. The molecule has 2 heterocycles. The highest BCUT2D eigenvalue weighted by Gasteiger charge is 2.24. The van der Waals surface area contributed by atoms with Crippen LogP contribution in [0, 0.1) is 0 Å². The van der Waals surface area contributed by atoms with Crippen LogP contribution < -0.4 is 5.32 Å². The lowest BCUT2D eigenvalue weighted by Gasteiger charge is -2.28. The van der Waals surface area contributed by atoms with Gasteiger partial charge in [-0.25, -0.2) is 4.98 Å². The molecule has 1 atom stereocenters. The van der Waals surface area contributed by atoms with Gasteiger partial charge in [-0.2, -0.15) is 0 Å². The van der Waals surface area contributed by atoms with Crippen LogP contribution in [0.5, 0.6) is 0 Å². The Morgan fingerprint density at radius 3 is 2.74 bits per heavy atom. The summed E-state index contributed by atoms with van der Waals surface area (Å²) in [7, 11) is 0. The van der Waals surface area contributed by atoms with Gasteiger partial charge in [0.2, 0.25) is 0 Å². The number of hydrogen-bond donors (Lipinski definition) is 1. The number of carbonyl (C=O) groups is 1. The summed E-state index contributed by atoms with van der Waals surface area (Å²) >= 11 is 1.75. The highest BCUT2D eigenvalue weighted by molar-refractivity contribution is 7.99. The van der Waals surface area contributed by atoms with Crippen molar-refractivity contribution in [2.75, 3.05) is 19.6 Å². The lowest BCUT2D eigenvalue weighted by Crippen LogP contribution is -2.38. The summed E-state index contributed by atoms with van der Waals surface area (Å²) in [5.74, 6) is 0.818. The SMILES string of the molecule is CCN(CC)C(CNC(=O)c1cccnc1SC1CCCC1)c1ccco1. The average molecular weight is 388 g/mol. The molecule has 1 amide bonds. The van der Waals surface area contributed by atoms with Crippen LogP contribution in [-0.2, 0) is 0 Å². The van der Waals surface area contributed by atoms with E-state index in [-0.39, 0.29) is 11.9 Å². The van der Waals surface area contributed by atoms with Crippen LogP contribution in [0.4, 0.5) is 0 Å². The molecule has 2 aromatic rings. The van der Waals surface area contributed by atoms with Crippen LogP contribution in [0.2, 0.25) is 0 Å². The van der Waals surface area contributed by atoms with Crippen molar-refractivity contribution in [1.29, 1.82) is 0 Å². The molecule has 1 N–H and O–H groups in total.